The predicted octanol–water partition coefficient (Wildman–Crippen LogP) is 2.83. The van der Waals surface area contributed by atoms with Crippen LogP contribution >= 0.6 is 0 Å². The third-order valence-electron chi connectivity index (χ3n) is 4.13. The molecule has 0 fully saturated rings. The van der Waals surface area contributed by atoms with Gasteiger partial charge in [0.05, 0.1) is 11.9 Å². The van der Waals surface area contributed by atoms with Crippen LogP contribution < -0.4 is 14.4 Å². The Morgan fingerprint density at radius 2 is 1.93 bits per heavy atom. The van der Waals surface area contributed by atoms with E-state index in [4.69, 9.17) is 4.74 Å². The first-order valence-corrected chi connectivity index (χ1v) is 10.0. The summed E-state index contributed by atoms with van der Waals surface area (Å²) >= 11 is 0. The monoisotopic (exact) mass is 396 g/mol. The van der Waals surface area contributed by atoms with Gasteiger partial charge in [-0.3, -0.25) is 9.10 Å². The lowest BCUT2D eigenvalue weighted by atomic mass is 10.2. The molecule has 0 radical (unpaired) electrons. The molecule has 0 spiro atoms. The first-order chi connectivity index (χ1) is 12.6. The average Bonchev–Trinajstić information content (AvgIpc) is 2.77. The SMILES string of the molecule is Cc1ccc2c(c1)N(S(C)(=O)=O)CCC(C(=O)Nc1ccc(F)c(F)c1)O2. The summed E-state index contributed by atoms with van der Waals surface area (Å²) in [6.07, 6.45) is 0.184. The average molecular weight is 396 g/mol. The molecular formula is C18H18F2N2O4S. The quantitative estimate of drug-likeness (QED) is 0.866. The smallest absolute Gasteiger partial charge is 0.265 e. The maximum atomic E-state index is 13.3. The molecule has 144 valence electrons. The first-order valence-electron chi connectivity index (χ1n) is 8.16. The van der Waals surface area contributed by atoms with Crippen LogP contribution in [0.4, 0.5) is 20.2 Å². The van der Waals surface area contributed by atoms with Crippen molar-refractivity contribution in [3.05, 3.63) is 53.6 Å². The van der Waals surface area contributed by atoms with Crippen LogP contribution in [-0.2, 0) is 14.8 Å². The standard InChI is InChI=1S/C18H18F2N2O4S/c1-11-3-6-16-15(9-11)22(27(2,24)25)8-7-17(26-16)18(23)21-12-4-5-13(19)14(20)10-12/h3-6,9-10,17H,7-8H2,1-2H3,(H,21,23). The Hall–Kier alpha value is -2.68. The van der Waals surface area contributed by atoms with E-state index in [1.165, 1.54) is 10.4 Å². The lowest BCUT2D eigenvalue weighted by Crippen LogP contribution is -2.36. The highest BCUT2D eigenvalue weighted by molar-refractivity contribution is 7.92. The predicted molar refractivity (Wildman–Crippen MR) is 97.4 cm³/mol. The number of nitrogens with zero attached hydrogens (tertiary/aromatic N) is 1. The lowest BCUT2D eigenvalue weighted by Gasteiger charge is -2.21. The number of benzene rings is 2. The van der Waals surface area contributed by atoms with Gasteiger partial charge < -0.3 is 10.1 Å². The van der Waals surface area contributed by atoms with E-state index in [0.29, 0.717) is 5.69 Å². The molecule has 6 nitrogen and oxygen atoms in total. The van der Waals surface area contributed by atoms with Crippen LogP contribution in [0.25, 0.3) is 0 Å². The highest BCUT2D eigenvalue weighted by atomic mass is 32.2. The number of carbonyl (C=O) groups excluding carboxylic acids is 1. The van der Waals surface area contributed by atoms with Crippen LogP contribution in [0.1, 0.15) is 12.0 Å². The van der Waals surface area contributed by atoms with Gasteiger partial charge in [-0.2, -0.15) is 0 Å². The lowest BCUT2D eigenvalue weighted by molar-refractivity contribution is -0.122. The fourth-order valence-electron chi connectivity index (χ4n) is 2.81. The van der Waals surface area contributed by atoms with Gasteiger partial charge in [0.15, 0.2) is 17.7 Å². The van der Waals surface area contributed by atoms with Crippen molar-refractivity contribution >= 4 is 27.3 Å². The fourth-order valence-corrected chi connectivity index (χ4v) is 3.75. The zero-order valence-electron chi connectivity index (χ0n) is 14.7. The number of aryl methyl sites for hydroxylation is 1. The summed E-state index contributed by atoms with van der Waals surface area (Å²) in [6, 6.07) is 8.02. The molecule has 1 heterocycles. The van der Waals surface area contributed by atoms with Crippen LogP contribution in [0.5, 0.6) is 5.75 Å². The van der Waals surface area contributed by atoms with Crippen LogP contribution in [-0.4, -0.2) is 33.2 Å². The van der Waals surface area contributed by atoms with Crippen molar-refractivity contribution in [2.24, 2.45) is 0 Å². The molecule has 2 aromatic rings. The molecule has 1 amide bonds. The Kier molecular flexibility index (Phi) is 5.05. The number of anilines is 2. The van der Waals surface area contributed by atoms with E-state index in [-0.39, 0.29) is 24.4 Å². The summed E-state index contributed by atoms with van der Waals surface area (Å²) in [4.78, 5) is 12.5. The second-order valence-electron chi connectivity index (χ2n) is 6.32. The first kappa shape index (κ1) is 19.1. The van der Waals surface area contributed by atoms with E-state index in [2.05, 4.69) is 5.32 Å². The zero-order chi connectivity index (χ0) is 19.8. The van der Waals surface area contributed by atoms with Crippen molar-refractivity contribution in [2.75, 3.05) is 22.4 Å². The second kappa shape index (κ2) is 7.15. The zero-order valence-corrected chi connectivity index (χ0v) is 15.5. The molecule has 0 saturated carbocycles. The largest absolute Gasteiger partial charge is 0.478 e. The van der Waals surface area contributed by atoms with Crippen molar-refractivity contribution in [3.8, 4) is 5.75 Å². The Balaban J connectivity index is 1.87. The summed E-state index contributed by atoms with van der Waals surface area (Å²) in [7, 11) is -3.57. The number of fused-ring (bicyclic) bond motifs is 1. The molecule has 9 heteroatoms. The second-order valence-corrected chi connectivity index (χ2v) is 8.23. The minimum atomic E-state index is -3.57. The van der Waals surface area contributed by atoms with Crippen LogP contribution in [0.2, 0.25) is 0 Å². The maximum Gasteiger partial charge on any atom is 0.265 e. The fraction of sp³-hybridized carbons (Fsp3) is 0.278. The topological polar surface area (TPSA) is 75.7 Å². The van der Waals surface area contributed by atoms with Crippen LogP contribution in [0, 0.1) is 18.6 Å². The Morgan fingerprint density at radius 1 is 1.19 bits per heavy atom. The van der Waals surface area contributed by atoms with Crippen molar-refractivity contribution in [1.82, 2.24) is 0 Å². The summed E-state index contributed by atoms with van der Waals surface area (Å²) < 4.78 is 57.6. The number of amides is 1. The van der Waals surface area contributed by atoms with E-state index in [1.54, 1.807) is 18.2 Å². The van der Waals surface area contributed by atoms with Crippen molar-refractivity contribution in [2.45, 2.75) is 19.4 Å². The number of hydrogen-bond acceptors (Lipinski definition) is 4. The number of sulfonamides is 1. The molecule has 0 aromatic heterocycles. The summed E-state index contributed by atoms with van der Waals surface area (Å²) in [5.74, 6) is -2.43. The molecule has 1 aliphatic rings. The van der Waals surface area contributed by atoms with Crippen LogP contribution in [0.3, 0.4) is 0 Å². The van der Waals surface area contributed by atoms with E-state index in [9.17, 15) is 22.0 Å². The molecule has 0 aliphatic carbocycles. The molecule has 2 aromatic carbocycles. The number of rotatable bonds is 3. The molecule has 1 atom stereocenters. The van der Waals surface area contributed by atoms with E-state index < -0.39 is 33.7 Å². The molecular weight excluding hydrogens is 378 g/mol. The third-order valence-corrected chi connectivity index (χ3v) is 5.31. The van der Waals surface area contributed by atoms with Crippen molar-refractivity contribution in [1.29, 1.82) is 0 Å². The normalized spacial score (nSPS) is 16.9. The molecule has 0 saturated heterocycles. The third kappa shape index (κ3) is 4.19. The van der Waals surface area contributed by atoms with Gasteiger partial charge in [-0.15, -0.1) is 0 Å². The molecule has 27 heavy (non-hydrogen) atoms. The molecule has 3 rings (SSSR count). The summed E-state index contributed by atoms with van der Waals surface area (Å²) in [6.45, 7) is 1.87. The molecule has 0 bridgehead atoms. The Labute approximate surface area is 155 Å². The van der Waals surface area contributed by atoms with Crippen molar-refractivity contribution in [3.63, 3.8) is 0 Å². The van der Waals surface area contributed by atoms with Gasteiger partial charge in [-0.05, 0) is 36.8 Å². The summed E-state index contributed by atoms with van der Waals surface area (Å²) in [5, 5.41) is 2.46. The van der Waals surface area contributed by atoms with Gasteiger partial charge in [0, 0.05) is 24.7 Å². The number of carbonyl (C=O) groups is 1. The Morgan fingerprint density at radius 3 is 2.59 bits per heavy atom. The number of nitrogens with one attached hydrogen (secondary N) is 1. The molecule has 1 aliphatic heterocycles. The van der Waals surface area contributed by atoms with E-state index in [0.717, 1.165) is 24.0 Å². The highest BCUT2D eigenvalue weighted by Crippen LogP contribution is 2.35. The van der Waals surface area contributed by atoms with Gasteiger partial charge in [0.25, 0.3) is 5.91 Å². The number of halogens is 2. The highest BCUT2D eigenvalue weighted by Gasteiger charge is 2.31. The number of ether oxygens (including phenoxy) is 1. The van der Waals surface area contributed by atoms with E-state index in [1.807, 2.05) is 6.92 Å². The van der Waals surface area contributed by atoms with E-state index >= 15 is 0 Å². The summed E-state index contributed by atoms with van der Waals surface area (Å²) in [5.41, 5.74) is 1.28. The Bertz CT molecular complexity index is 995. The van der Waals surface area contributed by atoms with Gasteiger partial charge >= 0.3 is 0 Å². The minimum absolute atomic E-state index is 0.0468. The van der Waals surface area contributed by atoms with Crippen LogP contribution in [0.15, 0.2) is 36.4 Å². The number of hydrogen-bond donors (Lipinski definition) is 1. The molecule has 1 unspecified atom stereocenters. The molecule has 1 N–H and O–H groups in total. The van der Waals surface area contributed by atoms with Gasteiger partial charge in [0.1, 0.15) is 5.75 Å². The van der Waals surface area contributed by atoms with Crippen molar-refractivity contribution < 1.29 is 26.7 Å². The minimum Gasteiger partial charge on any atom is -0.478 e. The van der Waals surface area contributed by atoms with Gasteiger partial charge in [-0.1, -0.05) is 6.07 Å². The van der Waals surface area contributed by atoms with Gasteiger partial charge in [-0.25, -0.2) is 17.2 Å². The maximum absolute atomic E-state index is 13.3. The van der Waals surface area contributed by atoms with Gasteiger partial charge in [0.2, 0.25) is 10.0 Å².